The molecule has 0 aromatic carbocycles. The van der Waals surface area contributed by atoms with Gasteiger partial charge in [0, 0.05) is 23.8 Å². The van der Waals surface area contributed by atoms with Crippen LogP contribution in [0.3, 0.4) is 0 Å². The summed E-state index contributed by atoms with van der Waals surface area (Å²) in [6, 6.07) is 0.973. The molecule has 1 rings (SSSR count). The first kappa shape index (κ1) is 14.2. The normalized spacial score (nSPS) is 14.8. The second kappa shape index (κ2) is 8.29. The van der Waals surface area contributed by atoms with Gasteiger partial charge in [0.05, 0.1) is 6.20 Å². The molecule has 1 heterocycles. The molecular weight excluding hydrogens is 210 g/mol. The lowest BCUT2D eigenvalue weighted by Crippen LogP contribution is -2.28. The molecule has 0 fully saturated rings. The van der Waals surface area contributed by atoms with E-state index in [9.17, 15) is 0 Å². The molecule has 2 N–H and O–H groups in total. The van der Waals surface area contributed by atoms with E-state index in [1.165, 1.54) is 44.1 Å². The minimum atomic E-state index is 0.388. The van der Waals surface area contributed by atoms with E-state index < -0.39 is 0 Å². The highest BCUT2D eigenvalue weighted by atomic mass is 15.1. The van der Waals surface area contributed by atoms with Gasteiger partial charge in [-0.1, -0.05) is 39.0 Å². The summed E-state index contributed by atoms with van der Waals surface area (Å²) in [6.07, 6.45) is 11.9. The zero-order chi connectivity index (χ0) is 12.5. The fourth-order valence-electron chi connectivity index (χ4n) is 2.16. The molecule has 0 aliphatic carbocycles. The summed E-state index contributed by atoms with van der Waals surface area (Å²) < 4.78 is 0. The van der Waals surface area contributed by atoms with Crippen molar-refractivity contribution in [2.45, 2.75) is 71.4 Å². The van der Waals surface area contributed by atoms with E-state index in [4.69, 9.17) is 0 Å². The lowest BCUT2D eigenvalue weighted by Gasteiger charge is -2.19. The number of hydrogen-bond acceptors (Lipinski definition) is 2. The fourth-order valence-corrected chi connectivity index (χ4v) is 2.16. The van der Waals surface area contributed by atoms with E-state index in [-0.39, 0.29) is 0 Å². The van der Waals surface area contributed by atoms with Gasteiger partial charge in [-0.25, -0.2) is 0 Å². The average molecular weight is 237 g/mol. The molecule has 0 amide bonds. The summed E-state index contributed by atoms with van der Waals surface area (Å²) in [5.41, 5.74) is 1.24. The highest BCUT2D eigenvalue weighted by molar-refractivity contribution is 5.08. The lowest BCUT2D eigenvalue weighted by atomic mass is 10.1. The topological polar surface area (TPSA) is 40.7 Å². The monoisotopic (exact) mass is 237 g/mol. The summed E-state index contributed by atoms with van der Waals surface area (Å²) in [5.74, 6) is 0. The van der Waals surface area contributed by atoms with Gasteiger partial charge in [-0.3, -0.25) is 5.10 Å². The maximum Gasteiger partial charge on any atom is 0.0534 e. The predicted molar refractivity (Wildman–Crippen MR) is 73.0 cm³/mol. The Kier molecular flexibility index (Phi) is 6.94. The first-order valence-corrected chi connectivity index (χ1v) is 6.98. The van der Waals surface area contributed by atoms with Crippen LogP contribution in [0.1, 0.15) is 70.9 Å². The number of nitrogens with zero attached hydrogens (tertiary/aromatic N) is 1. The first-order chi connectivity index (χ1) is 8.24. The van der Waals surface area contributed by atoms with E-state index in [1.54, 1.807) is 0 Å². The predicted octanol–water partition coefficient (Wildman–Crippen LogP) is 3.81. The van der Waals surface area contributed by atoms with Gasteiger partial charge >= 0.3 is 0 Å². The van der Waals surface area contributed by atoms with Crippen LogP contribution in [0.2, 0.25) is 0 Å². The van der Waals surface area contributed by atoms with Crippen molar-refractivity contribution in [3.63, 3.8) is 0 Å². The smallest absolute Gasteiger partial charge is 0.0534 e. The van der Waals surface area contributed by atoms with E-state index in [2.05, 4.69) is 36.3 Å². The lowest BCUT2D eigenvalue weighted by molar-refractivity contribution is 0.436. The Morgan fingerprint density at radius 2 is 2.00 bits per heavy atom. The zero-order valence-electron chi connectivity index (χ0n) is 11.5. The molecular formula is C14H27N3. The molecule has 0 aliphatic heterocycles. The van der Waals surface area contributed by atoms with Crippen LogP contribution in [-0.4, -0.2) is 16.2 Å². The molecule has 1 aromatic heterocycles. The van der Waals surface area contributed by atoms with Crippen molar-refractivity contribution < 1.29 is 0 Å². The quantitative estimate of drug-likeness (QED) is 0.641. The van der Waals surface area contributed by atoms with Crippen LogP contribution >= 0.6 is 0 Å². The van der Waals surface area contributed by atoms with Crippen molar-refractivity contribution in [3.05, 3.63) is 18.0 Å². The van der Waals surface area contributed by atoms with Crippen molar-refractivity contribution in [1.82, 2.24) is 15.5 Å². The SMILES string of the molecule is CCCCCCCC(C)NC(C)c1cn[nH]c1. The van der Waals surface area contributed by atoms with Gasteiger partial charge in [0.25, 0.3) is 0 Å². The maximum atomic E-state index is 3.98. The Bertz CT molecular complexity index is 269. The number of H-pyrrole nitrogens is 1. The third-order valence-corrected chi connectivity index (χ3v) is 3.29. The molecule has 3 heteroatoms. The second-order valence-electron chi connectivity index (χ2n) is 5.02. The zero-order valence-corrected chi connectivity index (χ0v) is 11.5. The van der Waals surface area contributed by atoms with Gasteiger partial charge in [-0.05, 0) is 20.3 Å². The molecule has 0 bridgehead atoms. The summed E-state index contributed by atoms with van der Waals surface area (Å²) in [4.78, 5) is 0. The number of rotatable bonds is 9. The third-order valence-electron chi connectivity index (χ3n) is 3.29. The highest BCUT2D eigenvalue weighted by Gasteiger charge is 2.09. The van der Waals surface area contributed by atoms with Crippen molar-refractivity contribution in [2.75, 3.05) is 0 Å². The molecule has 17 heavy (non-hydrogen) atoms. The largest absolute Gasteiger partial charge is 0.308 e. The molecule has 2 unspecified atom stereocenters. The summed E-state index contributed by atoms with van der Waals surface area (Å²) in [5, 5.41) is 10.5. The van der Waals surface area contributed by atoms with Gasteiger partial charge in [0.2, 0.25) is 0 Å². The molecule has 0 aliphatic rings. The molecule has 1 aromatic rings. The number of aromatic amines is 1. The van der Waals surface area contributed by atoms with Crippen LogP contribution in [-0.2, 0) is 0 Å². The average Bonchev–Trinajstić information content (AvgIpc) is 2.82. The van der Waals surface area contributed by atoms with Crippen LogP contribution in [0.4, 0.5) is 0 Å². The fraction of sp³-hybridized carbons (Fsp3) is 0.786. The third kappa shape index (κ3) is 5.87. The van der Waals surface area contributed by atoms with Crippen LogP contribution in [0, 0.1) is 0 Å². The number of nitrogens with one attached hydrogen (secondary N) is 2. The van der Waals surface area contributed by atoms with Crippen LogP contribution in [0.25, 0.3) is 0 Å². The minimum absolute atomic E-state index is 0.388. The number of hydrogen-bond donors (Lipinski definition) is 2. The Morgan fingerprint density at radius 1 is 1.24 bits per heavy atom. The van der Waals surface area contributed by atoms with E-state index in [0.29, 0.717) is 12.1 Å². The van der Waals surface area contributed by atoms with Crippen LogP contribution in [0.5, 0.6) is 0 Å². The maximum absolute atomic E-state index is 3.98. The Hall–Kier alpha value is -0.830. The van der Waals surface area contributed by atoms with Crippen molar-refractivity contribution in [3.8, 4) is 0 Å². The minimum Gasteiger partial charge on any atom is -0.308 e. The highest BCUT2D eigenvalue weighted by Crippen LogP contribution is 2.13. The Labute approximate surface area is 105 Å². The molecule has 3 nitrogen and oxygen atoms in total. The summed E-state index contributed by atoms with van der Waals surface area (Å²) >= 11 is 0. The molecule has 0 spiro atoms. The molecule has 0 radical (unpaired) electrons. The second-order valence-corrected chi connectivity index (χ2v) is 5.02. The van der Waals surface area contributed by atoms with Gasteiger partial charge < -0.3 is 5.32 Å². The van der Waals surface area contributed by atoms with Crippen molar-refractivity contribution in [2.24, 2.45) is 0 Å². The van der Waals surface area contributed by atoms with E-state index in [0.717, 1.165) is 0 Å². The van der Waals surface area contributed by atoms with Gasteiger partial charge in [-0.2, -0.15) is 5.10 Å². The van der Waals surface area contributed by atoms with Gasteiger partial charge in [0.1, 0.15) is 0 Å². The summed E-state index contributed by atoms with van der Waals surface area (Å²) in [6.45, 7) is 6.73. The van der Waals surface area contributed by atoms with E-state index >= 15 is 0 Å². The number of aromatic nitrogens is 2. The molecule has 0 saturated heterocycles. The molecule has 98 valence electrons. The molecule has 0 saturated carbocycles. The standard InChI is InChI=1S/C14H27N3/c1-4-5-6-7-8-9-12(2)17-13(3)14-10-15-16-11-14/h10-13,17H,4-9H2,1-3H3,(H,15,16). The van der Waals surface area contributed by atoms with E-state index in [1.807, 2.05) is 12.4 Å². The van der Waals surface area contributed by atoms with Crippen LogP contribution in [0.15, 0.2) is 12.4 Å². The molecule has 2 atom stereocenters. The Morgan fingerprint density at radius 3 is 2.65 bits per heavy atom. The van der Waals surface area contributed by atoms with Gasteiger partial charge in [0.15, 0.2) is 0 Å². The Balaban J connectivity index is 2.10. The number of unbranched alkanes of at least 4 members (excludes halogenated alkanes) is 4. The van der Waals surface area contributed by atoms with Crippen LogP contribution < -0.4 is 5.32 Å². The summed E-state index contributed by atoms with van der Waals surface area (Å²) in [7, 11) is 0. The van der Waals surface area contributed by atoms with Crippen molar-refractivity contribution in [1.29, 1.82) is 0 Å². The first-order valence-electron chi connectivity index (χ1n) is 6.98. The van der Waals surface area contributed by atoms with Gasteiger partial charge in [-0.15, -0.1) is 0 Å². The van der Waals surface area contributed by atoms with Crippen molar-refractivity contribution >= 4 is 0 Å².